The third-order valence-corrected chi connectivity index (χ3v) is 4.23. The highest BCUT2D eigenvalue weighted by Crippen LogP contribution is 2.33. The van der Waals surface area contributed by atoms with Crippen molar-refractivity contribution < 1.29 is 32.2 Å². The molecule has 0 unspecified atom stereocenters. The molecule has 0 bridgehead atoms. The number of halogens is 3. The second kappa shape index (κ2) is 7.79. The number of rotatable bonds is 5. The first-order valence-corrected chi connectivity index (χ1v) is 8.37. The Bertz CT molecular complexity index is 868. The highest BCUT2D eigenvalue weighted by atomic mass is 19.4. The monoisotopic (exact) mass is 394 g/mol. The number of para-hydroxylation sites is 2. The molecule has 0 saturated carbocycles. The van der Waals surface area contributed by atoms with Gasteiger partial charge in [0.25, 0.3) is 0 Å². The number of amides is 2. The zero-order valence-corrected chi connectivity index (χ0v) is 14.8. The fraction of sp³-hybridized carbons (Fsp3) is 0.263. The summed E-state index contributed by atoms with van der Waals surface area (Å²) in [7, 11) is 1.50. The van der Waals surface area contributed by atoms with Crippen LogP contribution in [0.1, 0.15) is 6.42 Å². The molecule has 28 heavy (non-hydrogen) atoms. The number of ether oxygens (including phenoxy) is 2. The van der Waals surface area contributed by atoms with Gasteiger partial charge >= 0.3 is 6.36 Å². The molecule has 2 aromatic rings. The van der Waals surface area contributed by atoms with Crippen molar-refractivity contribution in [1.29, 1.82) is 0 Å². The molecule has 0 aliphatic carbocycles. The minimum Gasteiger partial charge on any atom is -0.495 e. The maximum Gasteiger partial charge on any atom is 0.573 e. The first-order chi connectivity index (χ1) is 13.3. The predicted octanol–water partition coefficient (Wildman–Crippen LogP) is 3.59. The number of benzene rings is 2. The van der Waals surface area contributed by atoms with Gasteiger partial charge in [0.15, 0.2) is 0 Å². The van der Waals surface area contributed by atoms with E-state index in [-0.39, 0.29) is 24.6 Å². The third kappa shape index (κ3) is 4.54. The van der Waals surface area contributed by atoms with E-state index in [9.17, 15) is 22.8 Å². The van der Waals surface area contributed by atoms with E-state index in [4.69, 9.17) is 4.74 Å². The van der Waals surface area contributed by atoms with Gasteiger partial charge < -0.3 is 19.7 Å². The molecule has 1 aliphatic rings. The Labute approximate surface area is 158 Å². The van der Waals surface area contributed by atoms with Gasteiger partial charge in [-0.15, -0.1) is 13.2 Å². The zero-order valence-electron chi connectivity index (χ0n) is 14.8. The average Bonchev–Trinajstić information content (AvgIpc) is 3.04. The molecule has 2 aromatic carbocycles. The standard InChI is InChI=1S/C19H17F3N2O4/c1-27-16-5-3-2-4-15(16)24-11-12(10-17(24)25)18(26)23-13-6-8-14(9-7-13)28-19(20,21)22/h2-9,12H,10-11H2,1H3,(H,23,26)/t12-/m1/s1. The lowest BCUT2D eigenvalue weighted by molar-refractivity contribution is -0.274. The molecule has 0 radical (unpaired) electrons. The first kappa shape index (κ1) is 19.5. The van der Waals surface area contributed by atoms with Gasteiger partial charge in [-0.05, 0) is 36.4 Å². The average molecular weight is 394 g/mol. The van der Waals surface area contributed by atoms with Crippen molar-refractivity contribution in [3.63, 3.8) is 0 Å². The van der Waals surface area contributed by atoms with Crippen molar-refractivity contribution in [3.8, 4) is 11.5 Å². The van der Waals surface area contributed by atoms with E-state index in [1.165, 1.54) is 24.1 Å². The van der Waals surface area contributed by atoms with Crippen LogP contribution in [0.15, 0.2) is 48.5 Å². The highest BCUT2D eigenvalue weighted by molar-refractivity contribution is 6.04. The molecule has 148 valence electrons. The van der Waals surface area contributed by atoms with E-state index >= 15 is 0 Å². The highest BCUT2D eigenvalue weighted by Gasteiger charge is 2.36. The van der Waals surface area contributed by atoms with Crippen LogP contribution in [0, 0.1) is 5.92 Å². The lowest BCUT2D eigenvalue weighted by atomic mass is 10.1. The summed E-state index contributed by atoms with van der Waals surface area (Å²) in [6, 6.07) is 11.8. The fourth-order valence-electron chi connectivity index (χ4n) is 2.95. The number of carbonyl (C=O) groups is 2. The van der Waals surface area contributed by atoms with E-state index in [1.807, 2.05) is 0 Å². The largest absolute Gasteiger partial charge is 0.573 e. The van der Waals surface area contributed by atoms with Gasteiger partial charge in [0, 0.05) is 18.7 Å². The summed E-state index contributed by atoms with van der Waals surface area (Å²) in [5, 5.41) is 2.61. The fourth-order valence-corrected chi connectivity index (χ4v) is 2.95. The molecule has 1 fully saturated rings. The maximum absolute atomic E-state index is 12.5. The molecule has 2 amide bonds. The van der Waals surface area contributed by atoms with Crippen LogP contribution < -0.4 is 19.7 Å². The Hall–Kier alpha value is -3.23. The number of nitrogens with one attached hydrogen (secondary N) is 1. The van der Waals surface area contributed by atoms with Gasteiger partial charge in [-0.3, -0.25) is 9.59 Å². The number of methoxy groups -OCH3 is 1. The number of hydrogen-bond donors (Lipinski definition) is 1. The quantitative estimate of drug-likeness (QED) is 0.842. The lowest BCUT2D eigenvalue weighted by Gasteiger charge is -2.19. The molecule has 1 heterocycles. The van der Waals surface area contributed by atoms with Gasteiger partial charge in [0.05, 0.1) is 18.7 Å². The third-order valence-electron chi connectivity index (χ3n) is 4.23. The van der Waals surface area contributed by atoms with E-state index in [2.05, 4.69) is 10.1 Å². The smallest absolute Gasteiger partial charge is 0.495 e. The van der Waals surface area contributed by atoms with E-state index in [0.29, 0.717) is 17.1 Å². The van der Waals surface area contributed by atoms with Gasteiger partial charge in [-0.25, -0.2) is 0 Å². The maximum atomic E-state index is 12.5. The van der Waals surface area contributed by atoms with Crippen LogP contribution in [0.25, 0.3) is 0 Å². The molecule has 1 N–H and O–H groups in total. The summed E-state index contributed by atoms with van der Waals surface area (Å²) in [5.74, 6) is -1.06. The van der Waals surface area contributed by atoms with Crippen LogP contribution in [0.2, 0.25) is 0 Å². The second-order valence-electron chi connectivity index (χ2n) is 6.14. The van der Waals surface area contributed by atoms with E-state index in [1.54, 1.807) is 24.3 Å². The molecular formula is C19H17F3N2O4. The molecular weight excluding hydrogens is 377 g/mol. The molecule has 1 aliphatic heterocycles. The van der Waals surface area contributed by atoms with Gasteiger partial charge in [0.2, 0.25) is 11.8 Å². The molecule has 0 aromatic heterocycles. The van der Waals surface area contributed by atoms with Crippen molar-refractivity contribution in [2.45, 2.75) is 12.8 Å². The summed E-state index contributed by atoms with van der Waals surface area (Å²) in [5.41, 5.74) is 0.890. The number of alkyl halides is 3. The Morgan fingerprint density at radius 3 is 2.46 bits per heavy atom. The SMILES string of the molecule is COc1ccccc1N1C[C@H](C(=O)Nc2ccc(OC(F)(F)F)cc2)CC1=O. The molecule has 0 spiro atoms. The first-order valence-electron chi connectivity index (χ1n) is 8.37. The van der Waals surface area contributed by atoms with Crippen LogP contribution >= 0.6 is 0 Å². The predicted molar refractivity (Wildman–Crippen MR) is 95.2 cm³/mol. The number of carbonyl (C=O) groups excluding carboxylic acids is 2. The van der Waals surface area contributed by atoms with Crippen LogP contribution in [-0.4, -0.2) is 31.8 Å². The van der Waals surface area contributed by atoms with Gasteiger partial charge in [-0.2, -0.15) is 0 Å². The summed E-state index contributed by atoms with van der Waals surface area (Å²) in [6.07, 6.45) is -4.75. The molecule has 9 heteroatoms. The Balaban J connectivity index is 1.65. The molecule has 3 rings (SSSR count). The van der Waals surface area contributed by atoms with Gasteiger partial charge in [0.1, 0.15) is 11.5 Å². The van der Waals surface area contributed by atoms with Gasteiger partial charge in [-0.1, -0.05) is 12.1 Å². The Kier molecular flexibility index (Phi) is 5.43. The normalized spacial score (nSPS) is 16.8. The van der Waals surface area contributed by atoms with Crippen molar-refractivity contribution >= 4 is 23.2 Å². The minimum atomic E-state index is -4.78. The number of nitrogens with zero attached hydrogens (tertiary/aromatic N) is 1. The molecule has 1 saturated heterocycles. The van der Waals surface area contributed by atoms with Crippen LogP contribution in [-0.2, 0) is 9.59 Å². The van der Waals surface area contributed by atoms with Crippen molar-refractivity contribution in [2.75, 3.05) is 23.9 Å². The van der Waals surface area contributed by atoms with Crippen molar-refractivity contribution in [3.05, 3.63) is 48.5 Å². The summed E-state index contributed by atoms with van der Waals surface area (Å²) >= 11 is 0. The Morgan fingerprint density at radius 1 is 1.14 bits per heavy atom. The van der Waals surface area contributed by atoms with E-state index in [0.717, 1.165) is 12.1 Å². The molecule has 6 nitrogen and oxygen atoms in total. The number of anilines is 2. The van der Waals surface area contributed by atoms with Crippen LogP contribution in [0.5, 0.6) is 11.5 Å². The summed E-state index contributed by atoms with van der Waals surface area (Å²) in [4.78, 5) is 26.3. The topological polar surface area (TPSA) is 67.9 Å². The zero-order chi connectivity index (χ0) is 20.3. The van der Waals surface area contributed by atoms with Crippen LogP contribution in [0.3, 0.4) is 0 Å². The van der Waals surface area contributed by atoms with Crippen LogP contribution in [0.4, 0.5) is 24.5 Å². The lowest BCUT2D eigenvalue weighted by Crippen LogP contribution is -2.28. The second-order valence-corrected chi connectivity index (χ2v) is 6.14. The molecule has 1 atom stereocenters. The number of hydrogen-bond acceptors (Lipinski definition) is 4. The summed E-state index contributed by atoms with van der Waals surface area (Å²) < 4.78 is 45.6. The minimum absolute atomic E-state index is 0.0269. The summed E-state index contributed by atoms with van der Waals surface area (Å²) in [6.45, 7) is 0.181. The van der Waals surface area contributed by atoms with Crippen molar-refractivity contribution in [1.82, 2.24) is 0 Å². The van der Waals surface area contributed by atoms with E-state index < -0.39 is 18.2 Å². The van der Waals surface area contributed by atoms with Crippen molar-refractivity contribution in [2.24, 2.45) is 5.92 Å². The Morgan fingerprint density at radius 2 is 1.82 bits per heavy atom.